The van der Waals surface area contributed by atoms with E-state index in [0.717, 1.165) is 40.9 Å². The Labute approximate surface area is 147 Å². The maximum atomic E-state index is 14.0. The number of pyridine rings is 1. The molecule has 0 N–H and O–H groups in total. The van der Waals surface area contributed by atoms with E-state index in [1.165, 1.54) is 18.9 Å². The van der Waals surface area contributed by atoms with Crippen LogP contribution in [0.25, 0.3) is 10.9 Å². The fourth-order valence-electron chi connectivity index (χ4n) is 3.34. The highest BCUT2D eigenvalue weighted by Crippen LogP contribution is 2.27. The molecule has 1 aromatic heterocycles. The number of hydrogen-bond acceptors (Lipinski definition) is 3. The Bertz CT molecular complexity index is 904. The molecule has 1 aliphatic rings. The number of anilines is 1. The molecule has 2 aromatic carbocycles. The highest BCUT2D eigenvalue weighted by Gasteiger charge is 2.16. The van der Waals surface area contributed by atoms with Gasteiger partial charge in [-0.3, -0.25) is 0 Å². The zero-order valence-electron chi connectivity index (χ0n) is 14.3. The Balaban J connectivity index is 1.67. The maximum absolute atomic E-state index is 14.0. The van der Waals surface area contributed by atoms with Crippen molar-refractivity contribution >= 4 is 16.7 Å². The lowest BCUT2D eigenvalue weighted by Gasteiger charge is -2.19. The minimum Gasteiger partial charge on any atom is -0.486 e. The van der Waals surface area contributed by atoms with E-state index in [2.05, 4.69) is 11.0 Å². The number of fused-ring (bicyclic) bond motifs is 1. The smallest absolute Gasteiger partial charge is 0.165 e. The third kappa shape index (κ3) is 3.29. The first-order valence-corrected chi connectivity index (χ1v) is 8.73. The van der Waals surface area contributed by atoms with Crippen LogP contribution in [0.5, 0.6) is 5.75 Å². The molecule has 0 atom stereocenters. The quantitative estimate of drug-likeness (QED) is 0.680. The summed E-state index contributed by atoms with van der Waals surface area (Å²) in [5.41, 5.74) is 2.87. The Kier molecular flexibility index (Phi) is 4.26. The van der Waals surface area contributed by atoms with Gasteiger partial charge in [0.05, 0.1) is 5.52 Å². The molecule has 0 bridgehead atoms. The molecule has 3 aromatic rings. The second kappa shape index (κ2) is 6.71. The average molecular weight is 336 g/mol. The van der Waals surface area contributed by atoms with E-state index in [1.807, 2.05) is 37.3 Å². The zero-order chi connectivity index (χ0) is 17.2. The molecule has 0 aliphatic carbocycles. The van der Waals surface area contributed by atoms with Crippen LogP contribution in [-0.4, -0.2) is 18.1 Å². The molecule has 0 spiro atoms. The number of benzene rings is 2. The van der Waals surface area contributed by atoms with Gasteiger partial charge in [0, 0.05) is 24.0 Å². The fraction of sp³-hybridized carbons (Fsp3) is 0.286. The van der Waals surface area contributed by atoms with E-state index in [4.69, 9.17) is 9.72 Å². The molecule has 25 heavy (non-hydrogen) atoms. The van der Waals surface area contributed by atoms with Crippen molar-refractivity contribution < 1.29 is 9.13 Å². The van der Waals surface area contributed by atoms with Crippen molar-refractivity contribution in [3.05, 3.63) is 65.5 Å². The third-order valence-electron chi connectivity index (χ3n) is 4.69. The molecule has 2 heterocycles. The Morgan fingerprint density at radius 3 is 2.68 bits per heavy atom. The summed E-state index contributed by atoms with van der Waals surface area (Å²) in [6.07, 6.45) is 2.41. The van der Waals surface area contributed by atoms with Gasteiger partial charge in [-0.2, -0.15) is 0 Å². The van der Waals surface area contributed by atoms with Crippen LogP contribution in [0.1, 0.15) is 24.0 Å². The van der Waals surface area contributed by atoms with E-state index >= 15 is 0 Å². The number of nitrogens with zero attached hydrogens (tertiary/aromatic N) is 2. The Hall–Kier alpha value is -2.62. The molecule has 0 saturated carbocycles. The highest BCUT2D eigenvalue weighted by molar-refractivity contribution is 5.84. The fourth-order valence-corrected chi connectivity index (χ4v) is 3.34. The topological polar surface area (TPSA) is 25.4 Å². The van der Waals surface area contributed by atoms with Gasteiger partial charge in [-0.1, -0.05) is 24.3 Å². The SMILES string of the molecule is Cc1ccc(OCc2cc(N3CCCC3)nc3ccccc23)c(F)c1. The first-order chi connectivity index (χ1) is 12.2. The first-order valence-electron chi connectivity index (χ1n) is 8.73. The van der Waals surface area contributed by atoms with Crippen molar-refractivity contribution in [1.82, 2.24) is 4.98 Å². The molecular formula is C21H21FN2O. The number of halogens is 1. The zero-order valence-corrected chi connectivity index (χ0v) is 14.3. The molecule has 0 radical (unpaired) electrons. The van der Waals surface area contributed by atoms with Crippen molar-refractivity contribution in [2.24, 2.45) is 0 Å². The van der Waals surface area contributed by atoms with Crippen LogP contribution < -0.4 is 9.64 Å². The summed E-state index contributed by atoms with van der Waals surface area (Å²) < 4.78 is 19.8. The van der Waals surface area contributed by atoms with E-state index in [0.29, 0.717) is 6.61 Å². The summed E-state index contributed by atoms with van der Waals surface area (Å²) in [6, 6.07) is 15.2. The van der Waals surface area contributed by atoms with Gasteiger partial charge in [0.15, 0.2) is 11.6 Å². The van der Waals surface area contributed by atoms with Crippen molar-refractivity contribution in [2.75, 3.05) is 18.0 Å². The van der Waals surface area contributed by atoms with Crippen LogP contribution >= 0.6 is 0 Å². The van der Waals surface area contributed by atoms with Gasteiger partial charge in [-0.15, -0.1) is 0 Å². The number of ether oxygens (including phenoxy) is 1. The summed E-state index contributed by atoms with van der Waals surface area (Å²) in [4.78, 5) is 7.11. The standard InChI is InChI=1S/C21H21FN2O/c1-15-8-9-20(18(22)12-15)25-14-16-13-21(24-10-4-5-11-24)23-19-7-3-2-6-17(16)19/h2-3,6-9,12-13H,4-5,10-11,14H2,1H3. The molecule has 0 unspecified atom stereocenters. The minimum absolute atomic E-state index is 0.286. The molecule has 1 aliphatic heterocycles. The lowest BCUT2D eigenvalue weighted by atomic mass is 10.1. The normalized spacial score (nSPS) is 14.2. The number of para-hydroxylation sites is 1. The predicted molar refractivity (Wildman–Crippen MR) is 98.7 cm³/mol. The van der Waals surface area contributed by atoms with E-state index < -0.39 is 0 Å². The lowest BCUT2D eigenvalue weighted by molar-refractivity contribution is 0.291. The lowest BCUT2D eigenvalue weighted by Crippen LogP contribution is -2.19. The Morgan fingerprint density at radius 2 is 1.88 bits per heavy atom. The number of rotatable bonds is 4. The van der Waals surface area contributed by atoms with E-state index in [1.54, 1.807) is 6.07 Å². The molecule has 1 saturated heterocycles. The van der Waals surface area contributed by atoms with Crippen molar-refractivity contribution in [3.63, 3.8) is 0 Å². The van der Waals surface area contributed by atoms with Gasteiger partial charge in [-0.05, 0) is 49.6 Å². The first kappa shape index (κ1) is 15.9. The second-order valence-electron chi connectivity index (χ2n) is 6.57. The molecule has 1 fully saturated rings. The largest absolute Gasteiger partial charge is 0.486 e. The van der Waals surface area contributed by atoms with Gasteiger partial charge in [0.1, 0.15) is 12.4 Å². The number of hydrogen-bond donors (Lipinski definition) is 0. The van der Waals surface area contributed by atoms with Crippen LogP contribution in [0.3, 0.4) is 0 Å². The molecule has 3 nitrogen and oxygen atoms in total. The van der Waals surface area contributed by atoms with Crippen molar-refractivity contribution in [1.29, 1.82) is 0 Å². The minimum atomic E-state index is -0.321. The summed E-state index contributed by atoms with van der Waals surface area (Å²) in [6.45, 7) is 4.27. The van der Waals surface area contributed by atoms with Crippen LogP contribution in [0, 0.1) is 12.7 Å². The predicted octanol–water partition coefficient (Wildman–Crippen LogP) is 4.86. The molecule has 4 heteroatoms. The second-order valence-corrected chi connectivity index (χ2v) is 6.57. The van der Waals surface area contributed by atoms with Gasteiger partial charge in [0.2, 0.25) is 0 Å². The van der Waals surface area contributed by atoms with Crippen LogP contribution in [0.2, 0.25) is 0 Å². The van der Waals surface area contributed by atoms with Crippen molar-refractivity contribution in [2.45, 2.75) is 26.4 Å². The Morgan fingerprint density at radius 1 is 1.08 bits per heavy atom. The summed E-state index contributed by atoms with van der Waals surface area (Å²) in [7, 11) is 0. The average Bonchev–Trinajstić information content (AvgIpc) is 3.15. The van der Waals surface area contributed by atoms with Crippen LogP contribution in [0.4, 0.5) is 10.2 Å². The molecular weight excluding hydrogens is 315 g/mol. The monoisotopic (exact) mass is 336 g/mol. The summed E-state index contributed by atoms with van der Waals surface area (Å²) >= 11 is 0. The van der Waals surface area contributed by atoms with Crippen molar-refractivity contribution in [3.8, 4) is 5.75 Å². The van der Waals surface area contributed by atoms with E-state index in [-0.39, 0.29) is 11.6 Å². The molecule has 128 valence electrons. The van der Waals surface area contributed by atoms with Gasteiger partial charge in [-0.25, -0.2) is 9.37 Å². The third-order valence-corrected chi connectivity index (χ3v) is 4.69. The van der Waals surface area contributed by atoms with Gasteiger partial charge in [0.25, 0.3) is 0 Å². The molecule has 0 amide bonds. The highest BCUT2D eigenvalue weighted by atomic mass is 19.1. The van der Waals surface area contributed by atoms with Gasteiger partial charge >= 0.3 is 0 Å². The van der Waals surface area contributed by atoms with Crippen LogP contribution in [-0.2, 0) is 6.61 Å². The summed E-state index contributed by atoms with van der Waals surface area (Å²) in [5.74, 6) is 0.950. The summed E-state index contributed by atoms with van der Waals surface area (Å²) in [5, 5.41) is 1.05. The van der Waals surface area contributed by atoms with Crippen LogP contribution in [0.15, 0.2) is 48.5 Å². The maximum Gasteiger partial charge on any atom is 0.165 e. The number of aromatic nitrogens is 1. The van der Waals surface area contributed by atoms with Gasteiger partial charge < -0.3 is 9.64 Å². The van der Waals surface area contributed by atoms with E-state index in [9.17, 15) is 4.39 Å². The molecule has 4 rings (SSSR count). The number of aryl methyl sites for hydroxylation is 1.